The first-order valence-corrected chi connectivity index (χ1v) is 52.4. The summed E-state index contributed by atoms with van der Waals surface area (Å²) in [6, 6.07) is 189. The predicted molar refractivity (Wildman–Crippen MR) is 630 cm³/mol. The third kappa shape index (κ3) is 15.8. The van der Waals surface area contributed by atoms with Crippen LogP contribution in [0.2, 0.25) is 0 Å². The van der Waals surface area contributed by atoms with Crippen molar-refractivity contribution < 1.29 is 0 Å². The molecule has 0 heterocycles. The van der Waals surface area contributed by atoms with Crippen molar-refractivity contribution >= 4 is 118 Å². The first-order valence-electron chi connectivity index (χ1n) is 52.4. The van der Waals surface area contributed by atoms with Gasteiger partial charge in [0.2, 0.25) is 0 Å². The Hall–Kier alpha value is -18.2. The fourth-order valence-electron chi connectivity index (χ4n) is 25.4. The summed E-state index contributed by atoms with van der Waals surface area (Å²) in [6.45, 7) is 0. The molecule has 0 nitrogen and oxygen atoms in total. The molecule has 0 saturated carbocycles. The second kappa shape index (κ2) is 37.2. The van der Waals surface area contributed by atoms with Crippen molar-refractivity contribution in [1.29, 1.82) is 0 Å². The molecule has 0 atom stereocenters. The van der Waals surface area contributed by atoms with Crippen LogP contribution in [-0.2, 0) is 51.4 Å². The lowest BCUT2D eigenvalue weighted by molar-refractivity contribution is 1.26. The van der Waals surface area contributed by atoms with Gasteiger partial charge in [-0.05, 0) is 372 Å². The van der Waals surface area contributed by atoms with Crippen LogP contribution in [-0.4, -0.2) is 0 Å². The van der Waals surface area contributed by atoms with Gasteiger partial charge in [0.25, 0.3) is 0 Å². The van der Waals surface area contributed by atoms with Crippen LogP contribution in [0.3, 0.4) is 0 Å². The molecule has 8 aliphatic carbocycles. The average molecular weight is 1880 g/mol. The lowest BCUT2D eigenvalue weighted by Crippen LogP contribution is -1.84. The first kappa shape index (κ1) is 87.6. The van der Waals surface area contributed by atoms with E-state index in [1.165, 1.54) is 297 Å². The second-order valence-corrected chi connectivity index (χ2v) is 40.8. The van der Waals surface area contributed by atoms with Crippen LogP contribution in [0, 0.1) is 0 Å². The highest BCUT2D eigenvalue weighted by atomic mass is 14.3. The molecule has 0 spiro atoms. The van der Waals surface area contributed by atoms with Gasteiger partial charge in [0, 0.05) is 0 Å². The predicted octanol–water partition coefficient (Wildman–Crippen LogP) is 38.7. The molecular weight excluding hydrogens is 1780 g/mol. The largest absolute Gasteiger partial charge is 0.0619 e. The molecule has 27 aromatic rings. The fourth-order valence-corrected chi connectivity index (χ4v) is 25.4. The first-order chi connectivity index (χ1) is 73.3. The molecule has 35 rings (SSSR count). The maximum absolute atomic E-state index is 2.36. The van der Waals surface area contributed by atoms with E-state index in [0.29, 0.717) is 0 Å². The fraction of sp³-hybridized carbons (Fsp3) is 0.0541. The lowest BCUT2D eigenvalue weighted by atomic mass is 9.96. The van der Waals surface area contributed by atoms with Crippen molar-refractivity contribution in [2.75, 3.05) is 0 Å². The third-order valence-corrected chi connectivity index (χ3v) is 32.5. The highest BCUT2D eigenvalue weighted by Crippen LogP contribution is 2.51. The third-order valence-electron chi connectivity index (χ3n) is 32.5. The van der Waals surface area contributed by atoms with E-state index in [1.807, 2.05) is 0 Å². The summed E-state index contributed by atoms with van der Waals surface area (Å²) in [4.78, 5) is 0. The van der Waals surface area contributed by atoms with E-state index in [2.05, 4.69) is 522 Å². The summed E-state index contributed by atoms with van der Waals surface area (Å²) in [6.07, 6.45) is 8.55. The van der Waals surface area contributed by atoms with Crippen LogP contribution in [0.4, 0.5) is 0 Å². The van der Waals surface area contributed by atoms with Crippen molar-refractivity contribution in [3.63, 3.8) is 0 Å². The van der Waals surface area contributed by atoms with E-state index >= 15 is 0 Å². The molecule has 27 aromatic carbocycles. The normalized spacial score (nSPS) is 12.5. The molecule has 0 bridgehead atoms. The zero-order valence-electron chi connectivity index (χ0n) is 82.3. The highest BCUT2D eigenvalue weighted by Gasteiger charge is 2.29. The van der Waals surface area contributed by atoms with Gasteiger partial charge in [0.05, 0.1) is 0 Å². The molecule has 0 fully saturated rings. The molecule has 8 aliphatic rings. The Morgan fingerprint density at radius 3 is 0.642 bits per heavy atom. The number of fused-ring (bicyclic) bond motifs is 42. The van der Waals surface area contributed by atoms with Gasteiger partial charge in [-0.25, -0.2) is 0 Å². The van der Waals surface area contributed by atoms with Gasteiger partial charge in [0.1, 0.15) is 0 Å². The number of rotatable bonds is 0. The molecule has 0 amide bonds. The van der Waals surface area contributed by atoms with Crippen molar-refractivity contribution in [2.45, 2.75) is 51.4 Å². The van der Waals surface area contributed by atoms with Gasteiger partial charge in [0.15, 0.2) is 0 Å². The van der Waals surface area contributed by atoms with Gasteiger partial charge < -0.3 is 0 Å². The zero-order valence-corrected chi connectivity index (χ0v) is 82.3. The minimum Gasteiger partial charge on any atom is -0.0619 e. The van der Waals surface area contributed by atoms with E-state index in [-0.39, 0.29) is 0 Å². The summed E-state index contributed by atoms with van der Waals surface area (Å²) >= 11 is 0. The topological polar surface area (TPSA) is 0 Å². The summed E-state index contributed by atoms with van der Waals surface area (Å²) in [5.74, 6) is 0. The average Bonchev–Trinajstić information content (AvgIpc) is 1.60. The molecule has 0 unspecified atom stereocenters. The maximum Gasteiger partial charge on any atom is -0.000112 e. The quantitative estimate of drug-likeness (QED) is 0.142. The van der Waals surface area contributed by atoms with Gasteiger partial charge >= 0.3 is 0 Å². The minimum absolute atomic E-state index is 1.05. The van der Waals surface area contributed by atoms with E-state index in [0.717, 1.165) is 51.4 Å². The van der Waals surface area contributed by atoms with E-state index in [4.69, 9.17) is 0 Å². The van der Waals surface area contributed by atoms with Gasteiger partial charge in [-0.3, -0.25) is 0 Å². The molecular formula is C148H102. The molecule has 0 N–H and O–H groups in total. The van der Waals surface area contributed by atoms with Crippen molar-refractivity contribution in [3.05, 3.63) is 611 Å². The van der Waals surface area contributed by atoms with E-state index < -0.39 is 0 Å². The highest BCUT2D eigenvalue weighted by molar-refractivity contribution is 6.08. The summed E-state index contributed by atoms with van der Waals surface area (Å²) in [5.41, 5.74) is 46.2. The number of benzene rings is 27. The zero-order chi connectivity index (χ0) is 97.6. The minimum atomic E-state index is 1.05. The van der Waals surface area contributed by atoms with Crippen LogP contribution >= 0.6 is 0 Å². The van der Waals surface area contributed by atoms with E-state index in [9.17, 15) is 0 Å². The van der Waals surface area contributed by atoms with Gasteiger partial charge in [-0.15, -0.1) is 0 Å². The number of hydrogen-bond acceptors (Lipinski definition) is 0. The molecule has 694 valence electrons. The Morgan fingerprint density at radius 2 is 0.270 bits per heavy atom. The molecule has 0 heteroatoms. The summed E-state index contributed by atoms with van der Waals surface area (Å²) < 4.78 is 0. The standard InChI is InChI=1S/4C21H14.3C17H12.C13H10/c1-3-7-16-12-20-18(9-14(16)5-1)11-19-10-15-6-2-4-8-17(15)13-21(19)20;1-3-7-16-14(5-1)9-11-18-19-12-10-15-6-2-4-8-17(15)21(19)13-20(16)18;1-3-7-17-14(5-1)11-12-19-20(17)13-16-10-9-15-6-2-4-8-18(15)21(16)19;1-2-7-16-12-20-17(11-15(16)6-1)13-21-18-8-4-3-5-14(18)9-10-19(20)21;1-3-7-15-12(5-1)9-10-14-11-13-6-2-4-8-16(13)17(14)15;1-3-7-14-12(5-1)9-10-16-15-8-4-2-6-13(15)11-17(14)16;1-2-6-13-11-17-15(9-12(13)5-1)10-14-7-3-4-8-16(14)17;1-3-7-12-10(5-1)9-11-6-2-4-8-13(11)12/h1-10,12-13H,11H2;3*1-12H,13H2;2*1-10H,11H2;1-9,11H,10H2;1-8H,9H2. The monoisotopic (exact) mass is 1880 g/mol. The SMILES string of the molecule is c1ccc2c(c1)Cc1c-2ccc2ccccc12.c1ccc2c(c1)Cc1cc3ccccc3cc1-2.c1ccc2c(c1)Cc1ccc3ccccc3c1-2.c1ccc2c(c1)Cc1ccccc1-2.c1ccc2c3c(ccc2c1)-c1c(ccc2ccccc12)C3.c1ccc2c3c(ccc2c1)-c1ccc2ccccc2c1C3.c1ccc2cc3c(cc2c1)Cc1c-3ccc2ccccc12.c1ccc2cc3c(cc2c1)Cc1cc2ccccc2cc1-3. The van der Waals surface area contributed by atoms with Gasteiger partial charge in [-0.1, -0.05) is 497 Å². The van der Waals surface area contributed by atoms with Crippen molar-refractivity contribution in [1.82, 2.24) is 0 Å². The Morgan fingerprint density at radius 1 is 0.0878 bits per heavy atom. The van der Waals surface area contributed by atoms with Crippen LogP contribution < -0.4 is 0 Å². The summed E-state index contributed by atoms with van der Waals surface area (Å²) in [7, 11) is 0. The number of hydrogen-bond donors (Lipinski definition) is 0. The van der Waals surface area contributed by atoms with Crippen LogP contribution in [0.1, 0.15) is 89.0 Å². The molecule has 0 radical (unpaired) electrons. The molecule has 148 heavy (non-hydrogen) atoms. The van der Waals surface area contributed by atoms with Crippen molar-refractivity contribution in [2.24, 2.45) is 0 Å². The van der Waals surface area contributed by atoms with Crippen LogP contribution in [0.5, 0.6) is 0 Å². The van der Waals surface area contributed by atoms with Crippen LogP contribution in [0.25, 0.3) is 208 Å². The molecule has 0 aliphatic heterocycles. The van der Waals surface area contributed by atoms with E-state index in [1.54, 1.807) is 0 Å². The second-order valence-electron chi connectivity index (χ2n) is 40.8. The van der Waals surface area contributed by atoms with Crippen molar-refractivity contribution in [3.8, 4) is 89.0 Å². The molecule has 0 saturated heterocycles. The molecule has 0 aromatic heterocycles. The maximum atomic E-state index is 2.36. The Bertz CT molecular complexity index is 9780. The smallest absolute Gasteiger partial charge is 0.000112 e. The van der Waals surface area contributed by atoms with Gasteiger partial charge in [-0.2, -0.15) is 0 Å². The van der Waals surface area contributed by atoms with Crippen LogP contribution in [0.15, 0.2) is 522 Å². The Balaban J connectivity index is 0.0000000819. The Kier molecular flexibility index (Phi) is 22.0. The summed E-state index contributed by atoms with van der Waals surface area (Å²) in [5, 5.41) is 29.8. The lowest BCUT2D eigenvalue weighted by Gasteiger charge is -2.07. The Labute approximate surface area is 863 Å².